The average Bonchev–Trinajstić information content (AvgIpc) is 3.10. The number of furan rings is 1. The highest BCUT2D eigenvalue weighted by Crippen LogP contribution is 2.27. The first-order valence-corrected chi connectivity index (χ1v) is 7.12. The molecule has 1 atom stereocenters. The summed E-state index contributed by atoms with van der Waals surface area (Å²) < 4.78 is 18.2. The number of hydrogen-bond donors (Lipinski definition) is 1. The van der Waals surface area contributed by atoms with E-state index in [-0.39, 0.29) is 11.9 Å². The topological polar surface area (TPSA) is 38.1 Å². The number of aromatic nitrogens is 1. The molecule has 1 N–H and O–H groups in total. The number of halogens is 1. The lowest BCUT2D eigenvalue weighted by atomic mass is 10.2. The zero-order chi connectivity index (χ0) is 13.9. The van der Waals surface area contributed by atoms with Crippen LogP contribution in [0.4, 0.5) is 9.52 Å². The van der Waals surface area contributed by atoms with E-state index in [1.807, 2.05) is 24.4 Å². The Morgan fingerprint density at radius 3 is 2.75 bits per heavy atom. The van der Waals surface area contributed by atoms with E-state index < -0.39 is 0 Å². The van der Waals surface area contributed by atoms with Gasteiger partial charge in [0.1, 0.15) is 11.6 Å². The van der Waals surface area contributed by atoms with Gasteiger partial charge in [0, 0.05) is 10.9 Å². The van der Waals surface area contributed by atoms with E-state index >= 15 is 0 Å². The number of benzene rings is 1. The zero-order valence-corrected chi connectivity index (χ0v) is 11.7. The molecular weight excluding hydrogens is 275 g/mol. The maximum absolute atomic E-state index is 12.9. The number of rotatable bonds is 4. The van der Waals surface area contributed by atoms with Crippen molar-refractivity contribution in [2.75, 3.05) is 5.32 Å². The highest BCUT2D eigenvalue weighted by Gasteiger charge is 2.11. The predicted octanol–water partition coefficient (Wildman–Crippen LogP) is 4.72. The minimum atomic E-state index is -0.242. The SMILES string of the molecule is CC(Nc1nc(-c2ccc(F)cc2)cs1)c1ccco1. The predicted molar refractivity (Wildman–Crippen MR) is 78.3 cm³/mol. The highest BCUT2D eigenvalue weighted by atomic mass is 32.1. The molecule has 5 heteroatoms. The Hall–Kier alpha value is -2.14. The lowest BCUT2D eigenvalue weighted by Gasteiger charge is -2.09. The summed E-state index contributed by atoms with van der Waals surface area (Å²) in [6, 6.07) is 10.2. The van der Waals surface area contributed by atoms with E-state index in [1.54, 1.807) is 18.4 Å². The summed E-state index contributed by atoms with van der Waals surface area (Å²) in [6.45, 7) is 2.01. The van der Waals surface area contributed by atoms with Crippen LogP contribution in [0.2, 0.25) is 0 Å². The third-order valence-corrected chi connectivity index (χ3v) is 3.73. The van der Waals surface area contributed by atoms with E-state index in [9.17, 15) is 4.39 Å². The highest BCUT2D eigenvalue weighted by molar-refractivity contribution is 7.14. The average molecular weight is 288 g/mol. The van der Waals surface area contributed by atoms with Crippen LogP contribution in [-0.2, 0) is 0 Å². The van der Waals surface area contributed by atoms with Crippen LogP contribution in [0.15, 0.2) is 52.5 Å². The van der Waals surface area contributed by atoms with Gasteiger partial charge in [-0.05, 0) is 43.3 Å². The van der Waals surface area contributed by atoms with Crippen molar-refractivity contribution in [3.05, 3.63) is 59.6 Å². The van der Waals surface area contributed by atoms with E-state index in [0.29, 0.717) is 0 Å². The van der Waals surface area contributed by atoms with Crippen molar-refractivity contribution in [2.45, 2.75) is 13.0 Å². The summed E-state index contributed by atoms with van der Waals surface area (Å²) in [7, 11) is 0. The molecule has 0 radical (unpaired) electrons. The van der Waals surface area contributed by atoms with Crippen LogP contribution < -0.4 is 5.32 Å². The summed E-state index contributed by atoms with van der Waals surface area (Å²) in [5, 5.41) is 6.05. The maximum atomic E-state index is 12.9. The van der Waals surface area contributed by atoms with Crippen molar-refractivity contribution >= 4 is 16.5 Å². The fourth-order valence-electron chi connectivity index (χ4n) is 1.89. The molecule has 1 unspecified atom stereocenters. The second kappa shape index (κ2) is 5.46. The Balaban J connectivity index is 1.75. The summed E-state index contributed by atoms with van der Waals surface area (Å²) in [5.74, 6) is 0.623. The first kappa shape index (κ1) is 12.9. The molecule has 2 heterocycles. The molecule has 20 heavy (non-hydrogen) atoms. The van der Waals surface area contributed by atoms with E-state index in [2.05, 4.69) is 10.3 Å². The fourth-order valence-corrected chi connectivity index (χ4v) is 2.70. The second-order valence-electron chi connectivity index (χ2n) is 4.43. The molecule has 3 rings (SSSR count). The van der Waals surface area contributed by atoms with E-state index in [1.165, 1.54) is 23.5 Å². The molecule has 0 aliphatic rings. The molecule has 0 spiro atoms. The smallest absolute Gasteiger partial charge is 0.183 e. The van der Waals surface area contributed by atoms with Crippen LogP contribution >= 0.6 is 11.3 Å². The molecule has 0 saturated carbocycles. The molecule has 102 valence electrons. The Morgan fingerprint density at radius 1 is 1.25 bits per heavy atom. The van der Waals surface area contributed by atoms with Crippen LogP contribution in [0, 0.1) is 5.82 Å². The third-order valence-electron chi connectivity index (χ3n) is 2.95. The van der Waals surface area contributed by atoms with Crippen LogP contribution in [0.3, 0.4) is 0 Å². The minimum absolute atomic E-state index is 0.0530. The van der Waals surface area contributed by atoms with Crippen LogP contribution in [0.1, 0.15) is 18.7 Å². The van der Waals surface area contributed by atoms with Crippen molar-refractivity contribution in [3.8, 4) is 11.3 Å². The van der Waals surface area contributed by atoms with Crippen molar-refractivity contribution in [2.24, 2.45) is 0 Å². The van der Waals surface area contributed by atoms with Crippen molar-refractivity contribution in [1.82, 2.24) is 4.98 Å². The largest absolute Gasteiger partial charge is 0.467 e. The summed E-state index contributed by atoms with van der Waals surface area (Å²) in [4.78, 5) is 4.50. The first-order valence-electron chi connectivity index (χ1n) is 6.24. The molecule has 0 fully saturated rings. The molecular formula is C15H13FN2OS. The van der Waals surface area contributed by atoms with Crippen molar-refractivity contribution in [1.29, 1.82) is 0 Å². The Kier molecular flexibility index (Phi) is 3.52. The van der Waals surface area contributed by atoms with Gasteiger partial charge in [0.05, 0.1) is 18.0 Å². The summed E-state index contributed by atoms with van der Waals surface area (Å²) in [6.07, 6.45) is 1.65. The van der Waals surface area contributed by atoms with Gasteiger partial charge in [-0.15, -0.1) is 11.3 Å². The normalized spacial score (nSPS) is 12.3. The molecule has 1 aromatic carbocycles. The second-order valence-corrected chi connectivity index (χ2v) is 5.28. The number of anilines is 1. The van der Waals surface area contributed by atoms with Gasteiger partial charge < -0.3 is 9.73 Å². The Morgan fingerprint density at radius 2 is 2.05 bits per heavy atom. The van der Waals surface area contributed by atoms with E-state index in [0.717, 1.165) is 22.1 Å². The number of thiazole rings is 1. The molecule has 0 aliphatic heterocycles. The molecule has 3 aromatic rings. The number of nitrogens with one attached hydrogen (secondary N) is 1. The van der Waals surface area contributed by atoms with Gasteiger partial charge in [0.2, 0.25) is 0 Å². The van der Waals surface area contributed by atoms with E-state index in [4.69, 9.17) is 4.42 Å². The number of hydrogen-bond acceptors (Lipinski definition) is 4. The minimum Gasteiger partial charge on any atom is -0.467 e. The fraction of sp³-hybridized carbons (Fsp3) is 0.133. The molecule has 3 nitrogen and oxygen atoms in total. The lowest BCUT2D eigenvalue weighted by molar-refractivity contribution is 0.490. The van der Waals surface area contributed by atoms with Crippen LogP contribution in [-0.4, -0.2) is 4.98 Å². The first-order chi connectivity index (χ1) is 9.72. The summed E-state index contributed by atoms with van der Waals surface area (Å²) in [5.41, 5.74) is 1.74. The lowest BCUT2D eigenvalue weighted by Crippen LogP contribution is -2.04. The molecule has 0 saturated heterocycles. The Bertz CT molecular complexity index is 676. The van der Waals surface area contributed by atoms with Crippen LogP contribution in [0.25, 0.3) is 11.3 Å². The Labute approximate surface area is 120 Å². The van der Waals surface area contributed by atoms with Gasteiger partial charge in [0.15, 0.2) is 5.13 Å². The number of nitrogens with zero attached hydrogens (tertiary/aromatic N) is 1. The van der Waals surface area contributed by atoms with Crippen molar-refractivity contribution in [3.63, 3.8) is 0 Å². The van der Waals surface area contributed by atoms with Gasteiger partial charge >= 0.3 is 0 Å². The molecule has 0 amide bonds. The van der Waals surface area contributed by atoms with Gasteiger partial charge in [-0.25, -0.2) is 9.37 Å². The quantitative estimate of drug-likeness (QED) is 0.755. The zero-order valence-electron chi connectivity index (χ0n) is 10.8. The maximum Gasteiger partial charge on any atom is 0.183 e. The van der Waals surface area contributed by atoms with Gasteiger partial charge in [-0.2, -0.15) is 0 Å². The van der Waals surface area contributed by atoms with Gasteiger partial charge in [0.25, 0.3) is 0 Å². The van der Waals surface area contributed by atoms with Gasteiger partial charge in [-0.1, -0.05) is 0 Å². The summed E-state index contributed by atoms with van der Waals surface area (Å²) >= 11 is 1.52. The molecule has 0 aliphatic carbocycles. The standard InChI is InChI=1S/C15H13FN2OS/c1-10(14-3-2-8-19-14)17-15-18-13(9-20-15)11-4-6-12(16)7-5-11/h2-10H,1H3,(H,17,18). The third kappa shape index (κ3) is 2.72. The van der Waals surface area contributed by atoms with Crippen LogP contribution in [0.5, 0.6) is 0 Å². The molecule has 0 bridgehead atoms. The monoisotopic (exact) mass is 288 g/mol. The van der Waals surface area contributed by atoms with Gasteiger partial charge in [-0.3, -0.25) is 0 Å². The molecule has 2 aromatic heterocycles. The van der Waals surface area contributed by atoms with Crippen molar-refractivity contribution < 1.29 is 8.81 Å².